The van der Waals surface area contributed by atoms with Crippen molar-refractivity contribution in [1.82, 2.24) is 0 Å². The Bertz CT molecular complexity index is 623. The average Bonchev–Trinajstić information content (AvgIpc) is 2.86. The van der Waals surface area contributed by atoms with Gasteiger partial charge in [-0.15, -0.1) is 11.3 Å². The molecule has 114 valence electrons. The molecule has 1 aromatic heterocycles. The Kier molecular flexibility index (Phi) is 4.17. The Morgan fingerprint density at radius 2 is 1.62 bits per heavy atom. The molecule has 0 spiro atoms. The van der Waals surface area contributed by atoms with E-state index < -0.39 is 17.8 Å². The third kappa shape index (κ3) is 3.47. The molecule has 2 N–H and O–H groups in total. The SMILES string of the molecule is CC(C)(C)c1ccc(C(N)c2ccccc2C(F)(F)F)s1. The van der Waals surface area contributed by atoms with Gasteiger partial charge in [-0.1, -0.05) is 39.0 Å². The zero-order chi connectivity index (χ0) is 15.8. The molecule has 0 aliphatic heterocycles. The molecule has 1 unspecified atom stereocenters. The van der Waals surface area contributed by atoms with Crippen LogP contribution >= 0.6 is 11.3 Å². The summed E-state index contributed by atoms with van der Waals surface area (Å²) in [7, 11) is 0. The van der Waals surface area contributed by atoms with E-state index in [4.69, 9.17) is 5.73 Å². The van der Waals surface area contributed by atoms with E-state index in [1.807, 2.05) is 12.1 Å². The molecule has 0 amide bonds. The van der Waals surface area contributed by atoms with E-state index in [-0.39, 0.29) is 11.0 Å². The van der Waals surface area contributed by atoms with Gasteiger partial charge < -0.3 is 5.73 Å². The molecule has 2 rings (SSSR count). The number of rotatable bonds is 2. The molecule has 0 aliphatic rings. The number of halogens is 3. The highest BCUT2D eigenvalue weighted by Crippen LogP contribution is 2.38. The van der Waals surface area contributed by atoms with Crippen LogP contribution in [0.4, 0.5) is 13.2 Å². The van der Waals surface area contributed by atoms with E-state index in [0.29, 0.717) is 0 Å². The highest BCUT2D eigenvalue weighted by Gasteiger charge is 2.34. The van der Waals surface area contributed by atoms with Crippen LogP contribution in [0.5, 0.6) is 0 Å². The van der Waals surface area contributed by atoms with E-state index in [0.717, 1.165) is 15.8 Å². The predicted octanol–water partition coefficient (Wildman–Crippen LogP) is 5.11. The van der Waals surface area contributed by atoms with Gasteiger partial charge in [0.1, 0.15) is 0 Å². The minimum atomic E-state index is -4.39. The number of alkyl halides is 3. The second kappa shape index (κ2) is 5.46. The molecule has 0 aliphatic carbocycles. The Morgan fingerprint density at radius 1 is 1.00 bits per heavy atom. The van der Waals surface area contributed by atoms with Crippen molar-refractivity contribution in [3.63, 3.8) is 0 Å². The standard InChI is InChI=1S/C16H18F3NS/c1-15(2,3)13-9-8-12(21-13)14(20)10-6-4-5-7-11(10)16(17,18)19/h4-9,14H,20H2,1-3H3. The van der Waals surface area contributed by atoms with Crippen LogP contribution in [-0.2, 0) is 11.6 Å². The Labute approximate surface area is 126 Å². The minimum absolute atomic E-state index is 0.0355. The summed E-state index contributed by atoms with van der Waals surface area (Å²) in [5.41, 5.74) is 5.50. The Hall–Kier alpha value is -1.33. The van der Waals surface area contributed by atoms with Crippen molar-refractivity contribution in [2.45, 2.75) is 38.4 Å². The van der Waals surface area contributed by atoms with Gasteiger partial charge >= 0.3 is 6.18 Å². The predicted molar refractivity (Wildman–Crippen MR) is 80.5 cm³/mol. The fraction of sp³-hybridized carbons (Fsp3) is 0.375. The van der Waals surface area contributed by atoms with E-state index in [1.54, 1.807) is 6.07 Å². The van der Waals surface area contributed by atoms with Crippen LogP contribution < -0.4 is 5.73 Å². The number of thiophene rings is 1. The zero-order valence-electron chi connectivity index (χ0n) is 12.2. The molecule has 5 heteroatoms. The van der Waals surface area contributed by atoms with Crippen LogP contribution in [0, 0.1) is 0 Å². The number of hydrogen-bond acceptors (Lipinski definition) is 2. The van der Waals surface area contributed by atoms with Gasteiger partial charge in [-0.3, -0.25) is 0 Å². The van der Waals surface area contributed by atoms with E-state index in [2.05, 4.69) is 20.8 Å². The summed E-state index contributed by atoms with van der Waals surface area (Å²) in [4.78, 5) is 1.86. The van der Waals surface area contributed by atoms with Crippen molar-refractivity contribution in [3.8, 4) is 0 Å². The smallest absolute Gasteiger partial charge is 0.320 e. The van der Waals surface area contributed by atoms with E-state index >= 15 is 0 Å². The minimum Gasteiger partial charge on any atom is -0.320 e. The van der Waals surface area contributed by atoms with Crippen molar-refractivity contribution in [1.29, 1.82) is 0 Å². The fourth-order valence-corrected chi connectivity index (χ4v) is 3.19. The molecule has 1 atom stereocenters. The molecule has 0 saturated carbocycles. The maximum Gasteiger partial charge on any atom is 0.416 e. The van der Waals surface area contributed by atoms with Gasteiger partial charge in [0, 0.05) is 9.75 Å². The normalized spacial score (nSPS) is 14.2. The molecule has 21 heavy (non-hydrogen) atoms. The topological polar surface area (TPSA) is 26.0 Å². The van der Waals surface area contributed by atoms with Crippen LogP contribution in [0.15, 0.2) is 36.4 Å². The van der Waals surface area contributed by atoms with Crippen molar-refractivity contribution >= 4 is 11.3 Å². The quantitative estimate of drug-likeness (QED) is 0.819. The van der Waals surface area contributed by atoms with Gasteiger partial charge in [0.15, 0.2) is 0 Å². The summed E-state index contributed by atoms with van der Waals surface area (Å²) < 4.78 is 39.2. The third-order valence-electron chi connectivity index (χ3n) is 3.27. The van der Waals surface area contributed by atoms with Crippen LogP contribution in [0.1, 0.15) is 47.7 Å². The maximum atomic E-state index is 13.1. The lowest BCUT2D eigenvalue weighted by Crippen LogP contribution is -2.17. The van der Waals surface area contributed by atoms with Gasteiger partial charge in [0.2, 0.25) is 0 Å². The molecule has 0 saturated heterocycles. The number of benzene rings is 1. The first-order chi connectivity index (χ1) is 9.60. The summed E-state index contributed by atoms with van der Waals surface area (Å²) in [5, 5.41) is 0. The van der Waals surface area contributed by atoms with Gasteiger partial charge in [-0.05, 0) is 29.2 Å². The van der Waals surface area contributed by atoms with Crippen LogP contribution in [0.3, 0.4) is 0 Å². The van der Waals surface area contributed by atoms with Crippen molar-refractivity contribution in [2.75, 3.05) is 0 Å². The fourth-order valence-electron chi connectivity index (χ4n) is 2.10. The Balaban J connectivity index is 2.42. The molecule has 1 aromatic carbocycles. The first-order valence-corrected chi connectivity index (χ1v) is 7.44. The zero-order valence-corrected chi connectivity index (χ0v) is 13.0. The third-order valence-corrected chi connectivity index (χ3v) is 4.87. The molecule has 0 fully saturated rings. The lowest BCUT2D eigenvalue weighted by Gasteiger charge is -2.18. The molecule has 0 radical (unpaired) electrons. The summed E-state index contributed by atoms with van der Waals surface area (Å²) in [5.74, 6) is 0. The van der Waals surface area contributed by atoms with Gasteiger partial charge in [-0.2, -0.15) is 13.2 Å². The largest absolute Gasteiger partial charge is 0.416 e. The molecular weight excluding hydrogens is 295 g/mol. The monoisotopic (exact) mass is 313 g/mol. The summed E-state index contributed by atoms with van der Waals surface area (Å²) >= 11 is 1.47. The van der Waals surface area contributed by atoms with Crippen LogP contribution in [0.2, 0.25) is 0 Å². The van der Waals surface area contributed by atoms with Crippen molar-refractivity contribution < 1.29 is 13.2 Å². The first-order valence-electron chi connectivity index (χ1n) is 6.62. The van der Waals surface area contributed by atoms with Crippen molar-refractivity contribution in [2.24, 2.45) is 5.73 Å². The molecule has 0 bridgehead atoms. The molecule has 1 nitrogen and oxygen atoms in total. The van der Waals surface area contributed by atoms with Gasteiger partial charge in [0.25, 0.3) is 0 Å². The second-order valence-electron chi connectivity index (χ2n) is 6.01. The average molecular weight is 313 g/mol. The van der Waals surface area contributed by atoms with E-state index in [9.17, 15) is 13.2 Å². The van der Waals surface area contributed by atoms with Gasteiger partial charge in [-0.25, -0.2) is 0 Å². The molecular formula is C16H18F3NS. The number of nitrogens with two attached hydrogens (primary N) is 1. The summed E-state index contributed by atoms with van der Waals surface area (Å²) in [6.07, 6.45) is -4.39. The van der Waals surface area contributed by atoms with Crippen LogP contribution in [-0.4, -0.2) is 0 Å². The summed E-state index contributed by atoms with van der Waals surface area (Å²) in [6.45, 7) is 6.20. The highest BCUT2D eigenvalue weighted by atomic mass is 32.1. The Morgan fingerprint density at radius 3 is 2.14 bits per heavy atom. The lowest BCUT2D eigenvalue weighted by atomic mass is 9.94. The van der Waals surface area contributed by atoms with Crippen LogP contribution in [0.25, 0.3) is 0 Å². The van der Waals surface area contributed by atoms with E-state index in [1.165, 1.54) is 23.5 Å². The first kappa shape index (κ1) is 16.0. The summed E-state index contributed by atoms with van der Waals surface area (Å²) in [6, 6.07) is 8.50. The lowest BCUT2D eigenvalue weighted by molar-refractivity contribution is -0.138. The van der Waals surface area contributed by atoms with Gasteiger partial charge in [0.05, 0.1) is 11.6 Å². The number of hydrogen-bond donors (Lipinski definition) is 1. The highest BCUT2D eigenvalue weighted by molar-refractivity contribution is 7.12. The van der Waals surface area contributed by atoms with Crippen molar-refractivity contribution in [3.05, 3.63) is 57.3 Å². The maximum absolute atomic E-state index is 13.1. The second-order valence-corrected chi connectivity index (χ2v) is 7.13. The molecule has 1 heterocycles. The molecule has 2 aromatic rings.